The van der Waals surface area contributed by atoms with Gasteiger partial charge in [-0.05, 0) is 202 Å². The van der Waals surface area contributed by atoms with Crippen LogP contribution in [0.5, 0.6) is 0 Å². The van der Waals surface area contributed by atoms with Crippen molar-refractivity contribution in [3.63, 3.8) is 0 Å². The highest BCUT2D eigenvalue weighted by Crippen LogP contribution is 2.49. The first-order chi connectivity index (χ1) is 37.9. The summed E-state index contributed by atoms with van der Waals surface area (Å²) in [5.41, 5.74) is 24.0. The number of fused-ring (bicyclic) bond motifs is 9. The van der Waals surface area contributed by atoms with E-state index in [2.05, 4.69) is 245 Å². The first kappa shape index (κ1) is 48.1. The van der Waals surface area contributed by atoms with Crippen LogP contribution in [0.25, 0.3) is 76.9 Å². The Bertz CT molecular complexity index is 3980. The van der Waals surface area contributed by atoms with Gasteiger partial charge in [0.1, 0.15) is 22.3 Å². The van der Waals surface area contributed by atoms with Crippen molar-refractivity contribution in [3.8, 4) is 22.3 Å². The molecule has 0 spiro atoms. The third-order valence-corrected chi connectivity index (χ3v) is 17.1. The predicted molar refractivity (Wildman–Crippen MR) is 329 cm³/mol. The summed E-state index contributed by atoms with van der Waals surface area (Å²) < 4.78 is 13.9. The molecule has 0 radical (unpaired) electrons. The first-order valence-electron chi connectivity index (χ1n) is 28.4. The zero-order valence-corrected chi connectivity index (χ0v) is 45.8. The van der Waals surface area contributed by atoms with Crippen molar-refractivity contribution in [3.05, 3.63) is 228 Å². The molecule has 4 nitrogen and oxygen atoms in total. The lowest BCUT2D eigenvalue weighted by molar-refractivity contribution is 0.590. The van der Waals surface area contributed by atoms with Gasteiger partial charge in [-0.2, -0.15) is 0 Å². The summed E-state index contributed by atoms with van der Waals surface area (Å²) in [5.74, 6) is 0. The highest BCUT2D eigenvalue weighted by molar-refractivity contribution is 6.16. The Morgan fingerprint density at radius 1 is 0.333 bits per heavy atom. The van der Waals surface area contributed by atoms with Crippen molar-refractivity contribution in [2.45, 2.75) is 104 Å². The molecule has 10 aromatic carbocycles. The Morgan fingerprint density at radius 2 is 0.705 bits per heavy atom. The Hall–Kier alpha value is -8.34. The number of rotatable bonds is 8. The number of hydrogen-bond donors (Lipinski definition) is 0. The van der Waals surface area contributed by atoms with Crippen LogP contribution < -0.4 is 9.80 Å². The zero-order valence-electron chi connectivity index (χ0n) is 45.8. The maximum absolute atomic E-state index is 6.95. The molecule has 0 saturated carbocycles. The fourth-order valence-corrected chi connectivity index (χ4v) is 13.0. The zero-order chi connectivity index (χ0) is 52.9. The van der Waals surface area contributed by atoms with Crippen LogP contribution in [0.3, 0.4) is 0 Å². The van der Waals surface area contributed by atoms with Gasteiger partial charge in [0, 0.05) is 67.6 Å². The average Bonchev–Trinajstić information content (AvgIpc) is 4.18. The lowest BCUT2D eigenvalue weighted by Gasteiger charge is -2.31. The molecule has 0 fully saturated rings. The number of aryl methyl sites for hydroxylation is 2. The van der Waals surface area contributed by atoms with Gasteiger partial charge in [0.05, 0.1) is 11.4 Å². The number of nitrogens with zero attached hydrogens (tertiary/aromatic N) is 2. The van der Waals surface area contributed by atoms with E-state index < -0.39 is 0 Å². The molecule has 2 aliphatic carbocycles. The molecule has 78 heavy (non-hydrogen) atoms. The van der Waals surface area contributed by atoms with E-state index in [0.29, 0.717) is 0 Å². The largest absolute Gasteiger partial charge is 0.456 e. The molecule has 2 aliphatic rings. The molecule has 0 unspecified atom stereocenters. The Labute approximate surface area is 458 Å². The van der Waals surface area contributed by atoms with Crippen LogP contribution in [-0.4, -0.2) is 0 Å². The maximum Gasteiger partial charge on any atom is 0.137 e. The molecule has 4 heteroatoms. The number of furan rings is 2. The smallest absolute Gasteiger partial charge is 0.137 e. The van der Waals surface area contributed by atoms with Gasteiger partial charge in [-0.1, -0.05) is 139 Å². The molecular formula is C74H66N2O2. The number of hydrogen-bond acceptors (Lipinski definition) is 4. The van der Waals surface area contributed by atoms with Gasteiger partial charge in [-0.15, -0.1) is 0 Å². The van der Waals surface area contributed by atoms with E-state index in [-0.39, 0.29) is 10.8 Å². The topological polar surface area (TPSA) is 32.8 Å². The van der Waals surface area contributed by atoms with Crippen LogP contribution >= 0.6 is 0 Å². The highest BCUT2D eigenvalue weighted by Gasteiger charge is 2.28. The summed E-state index contributed by atoms with van der Waals surface area (Å²) in [5, 5.41) is 6.60. The van der Waals surface area contributed by atoms with Gasteiger partial charge in [-0.25, -0.2) is 0 Å². The van der Waals surface area contributed by atoms with E-state index >= 15 is 0 Å². The summed E-state index contributed by atoms with van der Waals surface area (Å²) in [6.07, 6.45) is 9.29. The van der Waals surface area contributed by atoms with E-state index in [0.717, 1.165) is 103 Å². The highest BCUT2D eigenvalue weighted by atomic mass is 16.3. The van der Waals surface area contributed by atoms with Crippen LogP contribution in [0.1, 0.15) is 101 Å². The quantitative estimate of drug-likeness (QED) is 0.152. The minimum absolute atomic E-state index is 0.0396. The summed E-state index contributed by atoms with van der Waals surface area (Å²) in [4.78, 5) is 4.91. The second-order valence-electron chi connectivity index (χ2n) is 24.2. The van der Waals surface area contributed by atoms with Crippen molar-refractivity contribution in [1.29, 1.82) is 0 Å². The van der Waals surface area contributed by atoms with Crippen molar-refractivity contribution >= 4 is 88.8 Å². The van der Waals surface area contributed by atoms with Crippen LogP contribution in [0.15, 0.2) is 203 Å². The van der Waals surface area contributed by atoms with Gasteiger partial charge in [0.15, 0.2) is 0 Å². The normalized spacial score (nSPS) is 13.9. The lowest BCUT2D eigenvalue weighted by Crippen LogP contribution is -2.15. The summed E-state index contributed by atoms with van der Waals surface area (Å²) >= 11 is 0. The van der Waals surface area contributed by atoms with E-state index in [1.807, 2.05) is 0 Å². The van der Waals surface area contributed by atoms with Gasteiger partial charge in [-0.3, -0.25) is 0 Å². The van der Waals surface area contributed by atoms with Crippen LogP contribution in [0, 0.1) is 0 Å². The fraction of sp³-hybridized carbons (Fsp3) is 0.216. The molecule has 0 N–H and O–H groups in total. The van der Waals surface area contributed by atoms with E-state index in [1.54, 1.807) is 0 Å². The van der Waals surface area contributed by atoms with Crippen LogP contribution in [0.4, 0.5) is 34.1 Å². The van der Waals surface area contributed by atoms with E-state index in [9.17, 15) is 0 Å². The molecular weight excluding hydrogens is 949 g/mol. The monoisotopic (exact) mass is 1010 g/mol. The Balaban J connectivity index is 0.883. The molecule has 0 atom stereocenters. The second kappa shape index (κ2) is 18.7. The number of benzene rings is 10. The van der Waals surface area contributed by atoms with Gasteiger partial charge >= 0.3 is 0 Å². The van der Waals surface area contributed by atoms with Crippen molar-refractivity contribution in [2.24, 2.45) is 0 Å². The van der Waals surface area contributed by atoms with Gasteiger partial charge in [0.2, 0.25) is 0 Å². The molecule has 384 valence electrons. The average molecular weight is 1020 g/mol. The van der Waals surface area contributed by atoms with Crippen molar-refractivity contribution in [2.75, 3.05) is 9.80 Å². The van der Waals surface area contributed by atoms with Gasteiger partial charge in [0.25, 0.3) is 0 Å². The van der Waals surface area contributed by atoms with Crippen LogP contribution in [0.2, 0.25) is 0 Å². The first-order valence-corrected chi connectivity index (χ1v) is 28.4. The molecule has 2 aromatic heterocycles. The molecule has 0 amide bonds. The third kappa shape index (κ3) is 8.36. The predicted octanol–water partition coefficient (Wildman–Crippen LogP) is 21.3. The Kier molecular flexibility index (Phi) is 11.5. The van der Waals surface area contributed by atoms with Crippen molar-refractivity contribution < 1.29 is 8.83 Å². The van der Waals surface area contributed by atoms with Gasteiger partial charge < -0.3 is 18.6 Å². The van der Waals surface area contributed by atoms with E-state index in [1.165, 1.54) is 92.7 Å². The number of anilines is 6. The second-order valence-corrected chi connectivity index (χ2v) is 24.2. The van der Waals surface area contributed by atoms with Crippen molar-refractivity contribution in [1.82, 2.24) is 0 Å². The lowest BCUT2D eigenvalue weighted by atomic mass is 9.84. The maximum atomic E-state index is 6.95. The minimum atomic E-state index is 0.0396. The standard InChI is InChI=1S/C74H66N2O2/c1-73(2,3)53-27-31-55(32-28-53)75(65-39-25-47-17-13-15-23-59(47)71(65)49-19-9-7-10-20-49)57-35-37-61-63-41-51-44-68-64(42-52(51)43-67(63)77-69(61)45-57)62-38-36-58(46-70(62)78-68)76(56-33-29-54(30-34-56)74(4,5)6)66-40-26-48-18-14-16-24-60(48)72(66)50-21-11-8-12-22-50/h7-12,19-22,25-46H,13-18,23-24H2,1-6H3. The van der Waals surface area contributed by atoms with E-state index in [4.69, 9.17) is 8.83 Å². The molecule has 12 aromatic rings. The molecule has 2 heterocycles. The van der Waals surface area contributed by atoms with Crippen LogP contribution in [-0.2, 0) is 36.5 Å². The molecule has 14 rings (SSSR count). The Morgan fingerprint density at radius 3 is 1.10 bits per heavy atom. The summed E-state index contributed by atoms with van der Waals surface area (Å²) in [7, 11) is 0. The summed E-state index contributed by atoms with van der Waals surface area (Å²) in [6.45, 7) is 13.7. The molecule has 0 saturated heterocycles. The molecule has 0 bridgehead atoms. The SMILES string of the molecule is CC(C)(C)c1ccc(N(c2ccc3c(c2)oc2cc4cc5c(cc4cc23)oc2cc(N(c3ccc(C(C)(C)C)cc3)c3ccc4c(c3-c3ccccc3)CCCC4)ccc25)c2ccc3c(c2-c2ccccc2)CCCC3)cc1. The summed E-state index contributed by atoms with van der Waals surface area (Å²) in [6, 6.07) is 72.5. The third-order valence-electron chi connectivity index (χ3n) is 17.1. The fourth-order valence-electron chi connectivity index (χ4n) is 13.0. The minimum Gasteiger partial charge on any atom is -0.456 e. The molecule has 0 aliphatic heterocycles.